The number of aromatic nitrogens is 3. The lowest BCUT2D eigenvalue weighted by Crippen LogP contribution is -2.38. The van der Waals surface area contributed by atoms with Crippen LogP contribution in [0.1, 0.15) is 44.3 Å². The van der Waals surface area contributed by atoms with Crippen molar-refractivity contribution in [2.24, 2.45) is 5.92 Å². The highest BCUT2D eigenvalue weighted by molar-refractivity contribution is 5.02. The number of likely N-dealkylation sites (N-methyl/N-ethyl adjacent to an activating group) is 1. The molecule has 1 fully saturated rings. The van der Waals surface area contributed by atoms with Crippen LogP contribution in [0.2, 0.25) is 0 Å². The lowest BCUT2D eigenvalue weighted by atomic mass is 9.98. The molecule has 0 aromatic carbocycles. The van der Waals surface area contributed by atoms with Gasteiger partial charge in [0.1, 0.15) is 11.6 Å². The fourth-order valence-electron chi connectivity index (χ4n) is 3.31. The van der Waals surface area contributed by atoms with Gasteiger partial charge in [-0.2, -0.15) is 0 Å². The molecule has 1 aromatic heterocycles. The molecule has 2 atom stereocenters. The summed E-state index contributed by atoms with van der Waals surface area (Å²) in [5.74, 6) is 3.20. The third kappa shape index (κ3) is 2.30. The lowest BCUT2D eigenvalue weighted by Gasteiger charge is -2.32. The van der Waals surface area contributed by atoms with Gasteiger partial charge in [-0.05, 0) is 38.8 Å². The predicted molar refractivity (Wildman–Crippen MR) is 71.5 cm³/mol. The number of nitrogens with zero attached hydrogens (tertiary/aromatic N) is 4. The minimum absolute atomic E-state index is 0.671. The molecule has 0 N–H and O–H groups in total. The first-order valence-electron chi connectivity index (χ1n) is 7.35. The molecule has 100 valence electrons. The largest absolute Gasteiger partial charge is 0.315 e. The zero-order valence-corrected chi connectivity index (χ0v) is 11.6. The van der Waals surface area contributed by atoms with Crippen LogP contribution in [0.4, 0.5) is 0 Å². The van der Waals surface area contributed by atoms with E-state index in [0.717, 1.165) is 25.3 Å². The van der Waals surface area contributed by atoms with Crippen LogP contribution in [0.3, 0.4) is 0 Å². The molecule has 18 heavy (non-hydrogen) atoms. The summed E-state index contributed by atoms with van der Waals surface area (Å²) < 4.78 is 2.39. The molecule has 2 aliphatic heterocycles. The maximum Gasteiger partial charge on any atom is 0.134 e. The normalized spacial score (nSPS) is 29.2. The van der Waals surface area contributed by atoms with Crippen LogP contribution in [0.5, 0.6) is 0 Å². The van der Waals surface area contributed by atoms with Crippen molar-refractivity contribution in [1.29, 1.82) is 0 Å². The molecule has 1 saturated heterocycles. The van der Waals surface area contributed by atoms with Gasteiger partial charge in [0.05, 0.1) is 0 Å². The quantitative estimate of drug-likeness (QED) is 0.801. The van der Waals surface area contributed by atoms with Gasteiger partial charge in [-0.25, -0.2) is 0 Å². The summed E-state index contributed by atoms with van der Waals surface area (Å²) in [7, 11) is 2.25. The number of hydrogen-bond donors (Lipinski definition) is 0. The van der Waals surface area contributed by atoms with Gasteiger partial charge in [0, 0.05) is 25.4 Å². The summed E-state index contributed by atoms with van der Waals surface area (Å²) in [4.78, 5) is 2.50. The number of aryl methyl sites for hydroxylation is 1. The zero-order valence-electron chi connectivity index (χ0n) is 11.6. The van der Waals surface area contributed by atoms with Crippen molar-refractivity contribution in [3.05, 3.63) is 11.6 Å². The number of hydrogen-bond acceptors (Lipinski definition) is 3. The van der Waals surface area contributed by atoms with E-state index in [0.29, 0.717) is 6.04 Å². The summed E-state index contributed by atoms with van der Waals surface area (Å²) in [5.41, 5.74) is 0. The van der Waals surface area contributed by atoms with Crippen LogP contribution in [0.25, 0.3) is 0 Å². The van der Waals surface area contributed by atoms with Crippen LogP contribution in [-0.2, 0) is 19.4 Å². The lowest BCUT2D eigenvalue weighted by molar-refractivity contribution is 0.180. The van der Waals surface area contributed by atoms with Crippen molar-refractivity contribution < 1.29 is 0 Å². The standard InChI is InChI=1S/C14H24N4/c1-11-6-7-13-15-16-14(18(13)10-11)9-12-5-3-4-8-17(12)2/h11-12H,3-10H2,1-2H3. The topological polar surface area (TPSA) is 34.0 Å². The SMILES string of the molecule is CC1CCc2nnc(CC3CCCCN3C)n2C1. The molecule has 1 aromatic rings. The third-order valence-electron chi connectivity index (χ3n) is 4.60. The highest BCUT2D eigenvalue weighted by atomic mass is 15.3. The first kappa shape index (κ1) is 12.2. The molecular formula is C14H24N4. The van der Waals surface area contributed by atoms with E-state index in [9.17, 15) is 0 Å². The Kier molecular flexibility index (Phi) is 3.37. The Morgan fingerprint density at radius 2 is 2.11 bits per heavy atom. The minimum atomic E-state index is 0.671. The highest BCUT2D eigenvalue weighted by Gasteiger charge is 2.25. The van der Waals surface area contributed by atoms with E-state index < -0.39 is 0 Å². The number of fused-ring (bicyclic) bond motifs is 1. The summed E-state index contributed by atoms with van der Waals surface area (Å²) in [6.07, 6.45) is 7.48. The molecule has 3 heterocycles. The third-order valence-corrected chi connectivity index (χ3v) is 4.60. The van der Waals surface area contributed by atoms with Crippen LogP contribution >= 0.6 is 0 Å². The van der Waals surface area contributed by atoms with E-state index in [1.807, 2.05) is 0 Å². The Morgan fingerprint density at radius 3 is 2.94 bits per heavy atom. The number of rotatable bonds is 2. The molecule has 2 aliphatic rings. The van der Waals surface area contributed by atoms with Gasteiger partial charge in [0.15, 0.2) is 0 Å². The molecule has 4 nitrogen and oxygen atoms in total. The molecule has 2 unspecified atom stereocenters. The maximum atomic E-state index is 4.45. The van der Waals surface area contributed by atoms with E-state index in [-0.39, 0.29) is 0 Å². The van der Waals surface area contributed by atoms with Gasteiger partial charge in [-0.1, -0.05) is 13.3 Å². The molecule has 0 bridgehead atoms. The van der Waals surface area contributed by atoms with Gasteiger partial charge < -0.3 is 9.47 Å². The van der Waals surface area contributed by atoms with Crippen LogP contribution in [0, 0.1) is 5.92 Å². The first-order chi connectivity index (χ1) is 8.74. The van der Waals surface area contributed by atoms with Crippen molar-refractivity contribution in [2.45, 2.75) is 58.0 Å². The predicted octanol–water partition coefficient (Wildman–Crippen LogP) is 1.89. The molecule has 4 heteroatoms. The Labute approximate surface area is 109 Å². The number of piperidine rings is 1. The van der Waals surface area contributed by atoms with Gasteiger partial charge in [-0.3, -0.25) is 0 Å². The summed E-state index contributed by atoms with van der Waals surface area (Å²) >= 11 is 0. The first-order valence-corrected chi connectivity index (χ1v) is 7.35. The Bertz CT molecular complexity index is 412. The summed E-state index contributed by atoms with van der Waals surface area (Å²) in [5, 5.41) is 8.82. The van der Waals surface area contributed by atoms with Crippen LogP contribution in [0.15, 0.2) is 0 Å². The van der Waals surface area contributed by atoms with E-state index >= 15 is 0 Å². The monoisotopic (exact) mass is 248 g/mol. The zero-order chi connectivity index (χ0) is 12.5. The van der Waals surface area contributed by atoms with Gasteiger partial charge >= 0.3 is 0 Å². The second-order valence-corrected chi connectivity index (χ2v) is 6.12. The van der Waals surface area contributed by atoms with Crippen LogP contribution in [-0.4, -0.2) is 39.3 Å². The fraction of sp³-hybridized carbons (Fsp3) is 0.857. The smallest absolute Gasteiger partial charge is 0.134 e. The minimum Gasteiger partial charge on any atom is -0.315 e. The Hall–Kier alpha value is -0.900. The van der Waals surface area contributed by atoms with Gasteiger partial charge in [-0.15, -0.1) is 10.2 Å². The van der Waals surface area contributed by atoms with Crippen molar-refractivity contribution in [3.8, 4) is 0 Å². The second kappa shape index (κ2) is 5.00. The van der Waals surface area contributed by atoms with E-state index in [1.165, 1.54) is 43.9 Å². The van der Waals surface area contributed by atoms with Crippen molar-refractivity contribution in [1.82, 2.24) is 19.7 Å². The Morgan fingerprint density at radius 1 is 1.22 bits per heavy atom. The molecule has 0 saturated carbocycles. The molecule has 0 amide bonds. The van der Waals surface area contributed by atoms with E-state index in [2.05, 4.69) is 33.6 Å². The molecule has 0 spiro atoms. The van der Waals surface area contributed by atoms with Crippen molar-refractivity contribution >= 4 is 0 Å². The second-order valence-electron chi connectivity index (χ2n) is 6.12. The maximum absolute atomic E-state index is 4.45. The molecule has 3 rings (SSSR count). The average molecular weight is 248 g/mol. The summed E-state index contributed by atoms with van der Waals surface area (Å²) in [6.45, 7) is 4.69. The average Bonchev–Trinajstić information content (AvgIpc) is 2.75. The fourth-order valence-corrected chi connectivity index (χ4v) is 3.31. The molecular weight excluding hydrogens is 224 g/mol. The van der Waals surface area contributed by atoms with E-state index in [1.54, 1.807) is 0 Å². The number of likely N-dealkylation sites (tertiary alicyclic amines) is 1. The van der Waals surface area contributed by atoms with E-state index in [4.69, 9.17) is 0 Å². The summed E-state index contributed by atoms with van der Waals surface area (Å²) in [6, 6.07) is 0.671. The molecule has 0 radical (unpaired) electrons. The van der Waals surface area contributed by atoms with Gasteiger partial charge in [0.25, 0.3) is 0 Å². The van der Waals surface area contributed by atoms with Gasteiger partial charge in [0.2, 0.25) is 0 Å². The van der Waals surface area contributed by atoms with Crippen molar-refractivity contribution in [3.63, 3.8) is 0 Å². The van der Waals surface area contributed by atoms with Crippen molar-refractivity contribution in [2.75, 3.05) is 13.6 Å². The van der Waals surface area contributed by atoms with Crippen LogP contribution < -0.4 is 0 Å². The highest BCUT2D eigenvalue weighted by Crippen LogP contribution is 2.23. The Balaban J connectivity index is 1.74. The molecule has 0 aliphatic carbocycles.